The van der Waals surface area contributed by atoms with Crippen LogP contribution in [-0.4, -0.2) is 17.5 Å². The van der Waals surface area contributed by atoms with E-state index in [1.54, 1.807) is 24.3 Å². The first kappa shape index (κ1) is 15.1. The van der Waals surface area contributed by atoms with Crippen LogP contribution < -0.4 is 15.6 Å². The molecule has 0 bridgehead atoms. The number of halogens is 3. The minimum atomic E-state index is -4.62. The van der Waals surface area contributed by atoms with Crippen LogP contribution in [0, 0.1) is 0 Å². The summed E-state index contributed by atoms with van der Waals surface area (Å²) in [5, 5.41) is 2.24. The molecule has 2 heterocycles. The van der Waals surface area contributed by atoms with Crippen molar-refractivity contribution in [3.8, 4) is 5.75 Å². The first-order valence-corrected chi connectivity index (χ1v) is 6.69. The molecule has 0 aliphatic carbocycles. The number of amides is 1. The predicted molar refractivity (Wildman–Crippen MR) is 75.4 cm³/mol. The molecule has 1 aliphatic heterocycles. The summed E-state index contributed by atoms with van der Waals surface area (Å²) >= 11 is 0. The first-order valence-electron chi connectivity index (χ1n) is 6.69. The Balaban J connectivity index is 1.86. The highest BCUT2D eigenvalue weighted by Gasteiger charge is 2.33. The predicted octanol–water partition coefficient (Wildman–Crippen LogP) is 2.51. The van der Waals surface area contributed by atoms with Crippen LogP contribution in [0.4, 0.5) is 18.9 Å². The van der Waals surface area contributed by atoms with Crippen LogP contribution in [0.2, 0.25) is 0 Å². The number of anilines is 1. The molecule has 2 N–H and O–H groups in total. The number of alkyl halides is 3. The third-order valence-corrected chi connectivity index (χ3v) is 3.50. The molecule has 3 rings (SSSR count). The van der Waals surface area contributed by atoms with Gasteiger partial charge in [-0.15, -0.1) is 0 Å². The molecule has 2 aromatic rings. The maximum atomic E-state index is 12.7. The lowest BCUT2D eigenvalue weighted by Gasteiger charge is -2.11. The van der Waals surface area contributed by atoms with Gasteiger partial charge in [0.2, 0.25) is 5.91 Å². The van der Waals surface area contributed by atoms with Gasteiger partial charge < -0.3 is 15.0 Å². The monoisotopic (exact) mass is 324 g/mol. The molecular weight excluding hydrogens is 313 g/mol. The summed E-state index contributed by atoms with van der Waals surface area (Å²) in [6.45, 7) is 0.0715. The number of nitrogens with one attached hydrogen (secondary N) is 2. The van der Waals surface area contributed by atoms with Crippen LogP contribution in [-0.2, 0) is 11.0 Å². The molecule has 0 fully saturated rings. The van der Waals surface area contributed by atoms with E-state index in [0.717, 1.165) is 0 Å². The molecule has 1 aromatic carbocycles. The number of para-hydroxylation sites is 1. The molecule has 8 heteroatoms. The number of aromatic nitrogens is 1. The molecule has 120 valence electrons. The van der Waals surface area contributed by atoms with Gasteiger partial charge >= 0.3 is 6.18 Å². The lowest BCUT2D eigenvalue weighted by Crippen LogP contribution is -2.26. The van der Waals surface area contributed by atoms with Gasteiger partial charge in [0.15, 0.2) is 0 Å². The Morgan fingerprint density at radius 1 is 1.30 bits per heavy atom. The number of fused-ring (bicyclic) bond motifs is 1. The number of carbonyl (C=O) groups is 1. The van der Waals surface area contributed by atoms with E-state index in [1.165, 1.54) is 0 Å². The second kappa shape index (κ2) is 5.45. The Hall–Kier alpha value is -2.77. The number of aromatic amines is 1. The van der Waals surface area contributed by atoms with Crippen LogP contribution in [0.3, 0.4) is 0 Å². The highest BCUT2D eigenvalue weighted by Crippen LogP contribution is 2.34. The molecule has 0 spiro atoms. The standard InChI is InChI=1S/C15H11F3N2O3/c16-15(17,18)8-5-11(14(22)19-6-8)20-13(21)10-7-23-12-4-2-1-3-9(10)12/h1-6,10H,7H2,(H,19,22)(H,20,21)/t10-/m1/s1. The normalized spacial score (nSPS) is 16.6. The Bertz CT molecular complexity index is 814. The number of pyridine rings is 1. The SMILES string of the molecule is O=C(Nc1cc(C(F)(F)F)c[nH]c1=O)[C@@H]1COc2ccccc21. The lowest BCUT2D eigenvalue weighted by atomic mass is 10.0. The zero-order chi connectivity index (χ0) is 16.6. The van der Waals surface area contributed by atoms with E-state index in [2.05, 4.69) is 5.32 Å². The van der Waals surface area contributed by atoms with Gasteiger partial charge in [0.05, 0.1) is 5.56 Å². The largest absolute Gasteiger partial charge is 0.492 e. The quantitative estimate of drug-likeness (QED) is 0.892. The molecule has 1 aliphatic rings. The zero-order valence-electron chi connectivity index (χ0n) is 11.6. The van der Waals surface area contributed by atoms with Crippen molar-refractivity contribution in [2.24, 2.45) is 0 Å². The van der Waals surface area contributed by atoms with Crippen molar-refractivity contribution in [2.45, 2.75) is 12.1 Å². The van der Waals surface area contributed by atoms with Gasteiger partial charge in [-0.2, -0.15) is 13.2 Å². The summed E-state index contributed by atoms with van der Waals surface area (Å²) in [7, 11) is 0. The summed E-state index contributed by atoms with van der Waals surface area (Å²) in [6.07, 6.45) is -4.06. The fourth-order valence-corrected chi connectivity index (χ4v) is 2.34. The van der Waals surface area contributed by atoms with Crippen LogP contribution in [0.5, 0.6) is 5.75 Å². The van der Waals surface area contributed by atoms with Crippen molar-refractivity contribution < 1.29 is 22.7 Å². The molecule has 0 radical (unpaired) electrons. The van der Waals surface area contributed by atoms with Gasteiger partial charge in [-0.25, -0.2) is 0 Å². The number of ether oxygens (including phenoxy) is 1. The van der Waals surface area contributed by atoms with Crippen molar-refractivity contribution in [3.05, 3.63) is 58.0 Å². The third-order valence-electron chi connectivity index (χ3n) is 3.50. The molecule has 0 saturated heterocycles. The van der Waals surface area contributed by atoms with Crippen molar-refractivity contribution in [2.75, 3.05) is 11.9 Å². The van der Waals surface area contributed by atoms with E-state index < -0.39 is 34.8 Å². The van der Waals surface area contributed by atoms with Gasteiger partial charge in [-0.05, 0) is 12.1 Å². The summed E-state index contributed by atoms with van der Waals surface area (Å²) in [6, 6.07) is 7.47. The van der Waals surface area contributed by atoms with Gasteiger partial charge in [-0.1, -0.05) is 18.2 Å². The average molecular weight is 324 g/mol. The highest BCUT2D eigenvalue weighted by atomic mass is 19.4. The highest BCUT2D eigenvalue weighted by molar-refractivity contribution is 5.96. The van der Waals surface area contributed by atoms with Crippen molar-refractivity contribution >= 4 is 11.6 Å². The summed E-state index contributed by atoms with van der Waals surface area (Å²) < 4.78 is 43.4. The number of H-pyrrole nitrogens is 1. The summed E-state index contributed by atoms with van der Waals surface area (Å²) in [5.41, 5.74) is -1.67. The van der Waals surface area contributed by atoms with E-state index in [1.807, 2.05) is 4.98 Å². The second-order valence-electron chi connectivity index (χ2n) is 5.02. The minimum absolute atomic E-state index is 0.0715. The fraction of sp³-hybridized carbons (Fsp3) is 0.200. The van der Waals surface area contributed by atoms with Crippen LogP contribution in [0.15, 0.2) is 41.3 Å². The average Bonchev–Trinajstić information content (AvgIpc) is 2.92. The molecule has 1 aromatic heterocycles. The van der Waals surface area contributed by atoms with Crippen LogP contribution >= 0.6 is 0 Å². The van der Waals surface area contributed by atoms with Gasteiger partial charge in [0, 0.05) is 11.8 Å². The molecule has 23 heavy (non-hydrogen) atoms. The van der Waals surface area contributed by atoms with Gasteiger partial charge in [0.1, 0.15) is 24.0 Å². The van der Waals surface area contributed by atoms with Crippen molar-refractivity contribution in [1.29, 1.82) is 0 Å². The second-order valence-corrected chi connectivity index (χ2v) is 5.02. The van der Waals surface area contributed by atoms with Gasteiger partial charge in [0.25, 0.3) is 5.56 Å². The topological polar surface area (TPSA) is 71.2 Å². The van der Waals surface area contributed by atoms with Crippen LogP contribution in [0.1, 0.15) is 17.0 Å². The minimum Gasteiger partial charge on any atom is -0.492 e. The fourth-order valence-electron chi connectivity index (χ4n) is 2.34. The van der Waals surface area contributed by atoms with Crippen LogP contribution in [0.25, 0.3) is 0 Å². The number of benzene rings is 1. The smallest absolute Gasteiger partial charge is 0.417 e. The van der Waals surface area contributed by atoms with E-state index >= 15 is 0 Å². The van der Waals surface area contributed by atoms with Crippen molar-refractivity contribution in [3.63, 3.8) is 0 Å². The molecule has 5 nitrogen and oxygen atoms in total. The van der Waals surface area contributed by atoms with E-state index in [9.17, 15) is 22.8 Å². The molecule has 1 atom stereocenters. The Labute approximate surface area is 128 Å². The summed E-state index contributed by atoms with van der Waals surface area (Å²) in [5.74, 6) is -0.731. The molecule has 0 saturated carbocycles. The Morgan fingerprint density at radius 3 is 2.78 bits per heavy atom. The molecular formula is C15H11F3N2O3. The molecule has 0 unspecified atom stereocenters. The number of hydrogen-bond donors (Lipinski definition) is 2. The lowest BCUT2D eigenvalue weighted by molar-refractivity contribution is -0.137. The van der Waals surface area contributed by atoms with E-state index in [0.29, 0.717) is 23.6 Å². The molecule has 1 amide bonds. The maximum absolute atomic E-state index is 12.7. The maximum Gasteiger partial charge on any atom is 0.417 e. The zero-order valence-corrected chi connectivity index (χ0v) is 11.6. The van der Waals surface area contributed by atoms with Gasteiger partial charge in [-0.3, -0.25) is 9.59 Å². The van der Waals surface area contributed by atoms with Crippen molar-refractivity contribution in [1.82, 2.24) is 4.98 Å². The Kier molecular flexibility index (Phi) is 3.59. The Morgan fingerprint density at radius 2 is 2.04 bits per heavy atom. The number of carbonyl (C=O) groups excluding carboxylic acids is 1. The summed E-state index contributed by atoms with van der Waals surface area (Å²) in [4.78, 5) is 25.9. The third kappa shape index (κ3) is 2.92. The number of rotatable bonds is 2. The number of hydrogen-bond acceptors (Lipinski definition) is 3. The van der Waals surface area contributed by atoms with E-state index in [-0.39, 0.29) is 6.61 Å². The van der Waals surface area contributed by atoms with E-state index in [4.69, 9.17) is 4.74 Å². The first-order chi connectivity index (χ1) is 10.9.